The van der Waals surface area contributed by atoms with Crippen LogP contribution in [0.5, 0.6) is 17.2 Å². The summed E-state index contributed by atoms with van der Waals surface area (Å²) in [5, 5.41) is 13.0. The zero-order valence-electron chi connectivity index (χ0n) is 12.5. The van der Waals surface area contributed by atoms with Gasteiger partial charge in [0.05, 0.1) is 20.3 Å². The van der Waals surface area contributed by atoms with Crippen LogP contribution in [0, 0.1) is 6.92 Å². The normalized spacial score (nSPS) is 10.2. The number of aryl methyl sites for hydroxylation is 1. The Morgan fingerprint density at radius 1 is 1.19 bits per heavy atom. The van der Waals surface area contributed by atoms with Crippen molar-refractivity contribution >= 4 is 5.69 Å². The Bertz CT molecular complexity index is 614. The molecule has 2 rings (SSSR count). The minimum atomic E-state index is 0.187. The van der Waals surface area contributed by atoms with E-state index in [1.807, 2.05) is 32.0 Å². The van der Waals surface area contributed by atoms with Crippen molar-refractivity contribution < 1.29 is 14.6 Å². The molecule has 0 fully saturated rings. The van der Waals surface area contributed by atoms with Gasteiger partial charge < -0.3 is 19.9 Å². The molecule has 0 aliphatic carbocycles. The van der Waals surface area contributed by atoms with Crippen LogP contribution in [0.1, 0.15) is 18.3 Å². The molecule has 0 spiro atoms. The highest BCUT2D eigenvalue weighted by molar-refractivity contribution is 5.55. The smallest absolute Gasteiger partial charge is 0.163 e. The summed E-state index contributed by atoms with van der Waals surface area (Å²) in [6, 6.07) is 9.04. The highest BCUT2D eigenvalue weighted by Gasteiger charge is 2.07. The summed E-state index contributed by atoms with van der Waals surface area (Å²) in [5.74, 6) is 1.57. The molecule has 0 atom stereocenters. The van der Waals surface area contributed by atoms with Gasteiger partial charge >= 0.3 is 0 Å². The van der Waals surface area contributed by atoms with Gasteiger partial charge in [0.1, 0.15) is 11.4 Å². The number of nitrogens with one attached hydrogen (secondary N) is 1. The van der Waals surface area contributed by atoms with Crippen molar-refractivity contribution in [2.75, 3.05) is 19.0 Å². The molecule has 21 heavy (non-hydrogen) atoms. The van der Waals surface area contributed by atoms with Gasteiger partial charge in [0.25, 0.3) is 0 Å². The number of aromatic hydroxyl groups is 1. The van der Waals surface area contributed by atoms with Gasteiger partial charge in [-0.3, -0.25) is 4.98 Å². The summed E-state index contributed by atoms with van der Waals surface area (Å²) in [6.45, 7) is 4.82. The number of hydrogen-bond donors (Lipinski definition) is 2. The van der Waals surface area contributed by atoms with Crippen molar-refractivity contribution in [3.63, 3.8) is 0 Å². The first-order chi connectivity index (χ1) is 10.1. The second-order valence-electron chi connectivity index (χ2n) is 4.57. The van der Waals surface area contributed by atoms with Crippen LogP contribution in [-0.2, 0) is 6.54 Å². The molecule has 2 N–H and O–H groups in total. The number of hydrogen-bond acceptors (Lipinski definition) is 5. The topological polar surface area (TPSA) is 63.6 Å². The first-order valence-electron chi connectivity index (χ1n) is 6.84. The Kier molecular flexibility index (Phi) is 4.87. The number of ether oxygens (including phenoxy) is 2. The van der Waals surface area contributed by atoms with Gasteiger partial charge in [0.15, 0.2) is 11.5 Å². The standard InChI is InChI=1S/C16H20N2O3/c1-4-21-16-9-12(6-8-15(16)20-3)17-10-13-14(19)7-5-11(2)18-13/h5-9,17,19H,4,10H2,1-3H3. The summed E-state index contributed by atoms with van der Waals surface area (Å²) >= 11 is 0. The Morgan fingerprint density at radius 2 is 2.00 bits per heavy atom. The first kappa shape index (κ1) is 15.0. The molecule has 0 aliphatic rings. The second-order valence-corrected chi connectivity index (χ2v) is 4.57. The van der Waals surface area contributed by atoms with Crippen molar-refractivity contribution in [1.82, 2.24) is 4.98 Å². The Balaban J connectivity index is 2.12. The van der Waals surface area contributed by atoms with E-state index in [4.69, 9.17) is 9.47 Å². The number of anilines is 1. The molecule has 1 heterocycles. The molecule has 0 radical (unpaired) electrons. The average molecular weight is 288 g/mol. The minimum absolute atomic E-state index is 0.187. The van der Waals surface area contributed by atoms with E-state index in [1.165, 1.54) is 0 Å². The zero-order chi connectivity index (χ0) is 15.2. The van der Waals surface area contributed by atoms with Gasteiger partial charge in [-0.25, -0.2) is 0 Å². The van der Waals surface area contributed by atoms with Crippen LogP contribution in [0.15, 0.2) is 30.3 Å². The number of nitrogens with zero attached hydrogens (tertiary/aromatic N) is 1. The largest absolute Gasteiger partial charge is 0.506 e. The van der Waals surface area contributed by atoms with Crippen LogP contribution in [0.2, 0.25) is 0 Å². The Labute approximate surface area is 124 Å². The van der Waals surface area contributed by atoms with Crippen LogP contribution in [0.4, 0.5) is 5.69 Å². The molecule has 0 saturated heterocycles. The molecule has 2 aromatic rings. The maximum absolute atomic E-state index is 9.79. The van der Waals surface area contributed by atoms with Gasteiger partial charge in [-0.05, 0) is 38.1 Å². The van der Waals surface area contributed by atoms with E-state index < -0.39 is 0 Å². The van der Waals surface area contributed by atoms with E-state index in [-0.39, 0.29) is 5.75 Å². The number of rotatable bonds is 6. The number of benzene rings is 1. The maximum Gasteiger partial charge on any atom is 0.163 e. The molecule has 0 bridgehead atoms. The summed E-state index contributed by atoms with van der Waals surface area (Å²) in [5.41, 5.74) is 2.36. The van der Waals surface area contributed by atoms with Crippen molar-refractivity contribution in [3.8, 4) is 17.2 Å². The van der Waals surface area contributed by atoms with E-state index >= 15 is 0 Å². The molecule has 0 aliphatic heterocycles. The Hall–Kier alpha value is -2.43. The van der Waals surface area contributed by atoms with Gasteiger partial charge in [-0.15, -0.1) is 0 Å². The lowest BCUT2D eigenvalue weighted by molar-refractivity contribution is 0.311. The highest BCUT2D eigenvalue weighted by Crippen LogP contribution is 2.30. The van der Waals surface area contributed by atoms with Crippen LogP contribution in [0.25, 0.3) is 0 Å². The van der Waals surface area contributed by atoms with E-state index in [0.717, 1.165) is 11.4 Å². The summed E-state index contributed by atoms with van der Waals surface area (Å²) in [4.78, 5) is 4.31. The summed E-state index contributed by atoms with van der Waals surface area (Å²) in [6.07, 6.45) is 0. The predicted molar refractivity (Wildman–Crippen MR) is 82.1 cm³/mol. The van der Waals surface area contributed by atoms with Gasteiger partial charge in [-0.1, -0.05) is 0 Å². The molecule has 1 aromatic heterocycles. The van der Waals surface area contributed by atoms with Crippen LogP contribution in [-0.4, -0.2) is 23.8 Å². The lowest BCUT2D eigenvalue weighted by atomic mass is 10.2. The van der Waals surface area contributed by atoms with Crippen molar-refractivity contribution in [3.05, 3.63) is 41.7 Å². The maximum atomic E-state index is 9.79. The fourth-order valence-electron chi connectivity index (χ4n) is 1.97. The third-order valence-electron chi connectivity index (χ3n) is 3.01. The molecule has 0 amide bonds. The van der Waals surface area contributed by atoms with E-state index in [0.29, 0.717) is 30.3 Å². The number of methoxy groups -OCH3 is 1. The summed E-state index contributed by atoms with van der Waals surface area (Å²) in [7, 11) is 1.61. The van der Waals surface area contributed by atoms with Gasteiger partial charge in [0.2, 0.25) is 0 Å². The third kappa shape index (κ3) is 3.78. The van der Waals surface area contributed by atoms with Gasteiger partial charge in [0, 0.05) is 17.4 Å². The molecule has 5 heteroatoms. The van der Waals surface area contributed by atoms with Crippen molar-refractivity contribution in [2.24, 2.45) is 0 Å². The molecular formula is C16H20N2O3. The molecule has 1 aromatic carbocycles. The number of pyridine rings is 1. The average Bonchev–Trinajstić information content (AvgIpc) is 2.49. The van der Waals surface area contributed by atoms with Crippen LogP contribution in [0.3, 0.4) is 0 Å². The second kappa shape index (κ2) is 6.83. The quantitative estimate of drug-likeness (QED) is 0.855. The fraction of sp³-hybridized carbons (Fsp3) is 0.312. The zero-order valence-corrected chi connectivity index (χ0v) is 12.5. The third-order valence-corrected chi connectivity index (χ3v) is 3.01. The SMILES string of the molecule is CCOc1cc(NCc2nc(C)ccc2O)ccc1OC. The lowest BCUT2D eigenvalue weighted by Crippen LogP contribution is -2.03. The van der Waals surface area contributed by atoms with E-state index in [2.05, 4.69) is 10.3 Å². The molecule has 0 unspecified atom stereocenters. The minimum Gasteiger partial charge on any atom is -0.506 e. The first-order valence-corrected chi connectivity index (χ1v) is 6.84. The highest BCUT2D eigenvalue weighted by atomic mass is 16.5. The summed E-state index contributed by atoms with van der Waals surface area (Å²) < 4.78 is 10.8. The van der Waals surface area contributed by atoms with Crippen molar-refractivity contribution in [2.45, 2.75) is 20.4 Å². The van der Waals surface area contributed by atoms with Crippen LogP contribution >= 0.6 is 0 Å². The van der Waals surface area contributed by atoms with Gasteiger partial charge in [-0.2, -0.15) is 0 Å². The monoisotopic (exact) mass is 288 g/mol. The Morgan fingerprint density at radius 3 is 2.71 bits per heavy atom. The van der Waals surface area contributed by atoms with E-state index in [9.17, 15) is 5.11 Å². The molecule has 5 nitrogen and oxygen atoms in total. The lowest BCUT2D eigenvalue weighted by Gasteiger charge is -2.13. The molecular weight excluding hydrogens is 268 g/mol. The van der Waals surface area contributed by atoms with Crippen LogP contribution < -0.4 is 14.8 Å². The fourth-order valence-corrected chi connectivity index (χ4v) is 1.97. The molecule has 112 valence electrons. The number of aromatic nitrogens is 1. The van der Waals surface area contributed by atoms with E-state index in [1.54, 1.807) is 19.2 Å². The van der Waals surface area contributed by atoms with Crippen molar-refractivity contribution in [1.29, 1.82) is 0 Å². The molecule has 0 saturated carbocycles. The predicted octanol–water partition coefficient (Wildman–Crippen LogP) is 3.12.